The summed E-state index contributed by atoms with van der Waals surface area (Å²) in [7, 11) is 0. The molecule has 19 heavy (non-hydrogen) atoms. The van der Waals surface area contributed by atoms with Crippen molar-refractivity contribution in [2.45, 2.75) is 51.4 Å². The third-order valence-corrected chi connectivity index (χ3v) is 4.49. The van der Waals surface area contributed by atoms with Gasteiger partial charge < -0.3 is 10.1 Å². The zero-order chi connectivity index (χ0) is 13.4. The minimum atomic E-state index is -0.0978. The molecule has 2 bridgehead atoms. The van der Waals surface area contributed by atoms with Gasteiger partial charge in [0.15, 0.2) is 0 Å². The lowest BCUT2D eigenvalue weighted by molar-refractivity contribution is 0.0855. The van der Waals surface area contributed by atoms with E-state index in [1.165, 1.54) is 6.42 Å². The quantitative estimate of drug-likeness (QED) is 0.899. The van der Waals surface area contributed by atoms with Crippen LogP contribution in [0.3, 0.4) is 0 Å². The van der Waals surface area contributed by atoms with Gasteiger partial charge >= 0.3 is 0 Å². The lowest BCUT2D eigenvalue weighted by atomic mass is 9.80. The molecule has 1 aromatic carbocycles. The predicted octanol–water partition coefficient (Wildman–Crippen LogP) is 3.35. The van der Waals surface area contributed by atoms with Crippen LogP contribution in [0.1, 0.15) is 43.4 Å². The van der Waals surface area contributed by atoms with Crippen LogP contribution in [0.2, 0.25) is 0 Å². The summed E-state index contributed by atoms with van der Waals surface area (Å²) in [6.07, 6.45) is 4.09. The smallest absolute Gasteiger partial charge is 0.128 e. The molecule has 4 unspecified atom stereocenters. The summed E-state index contributed by atoms with van der Waals surface area (Å²) in [5.41, 5.74) is 1.92. The average Bonchev–Trinajstić information content (AvgIpc) is 3.01. The first-order valence-corrected chi connectivity index (χ1v) is 7.34. The summed E-state index contributed by atoms with van der Waals surface area (Å²) < 4.78 is 20.1. The number of hydrogen-bond donors (Lipinski definition) is 1. The SMILES string of the molecule is CCNC(c1cc(C)ccc1F)C1CC2CCC1O2. The van der Waals surface area contributed by atoms with Crippen molar-refractivity contribution in [3.05, 3.63) is 35.1 Å². The number of halogens is 1. The second kappa shape index (κ2) is 5.22. The van der Waals surface area contributed by atoms with Gasteiger partial charge in [-0.25, -0.2) is 4.39 Å². The fourth-order valence-corrected chi connectivity index (χ4v) is 3.64. The molecule has 1 N–H and O–H groups in total. The van der Waals surface area contributed by atoms with Crippen LogP contribution in [-0.4, -0.2) is 18.8 Å². The van der Waals surface area contributed by atoms with Crippen molar-refractivity contribution in [1.29, 1.82) is 0 Å². The van der Waals surface area contributed by atoms with Crippen molar-refractivity contribution in [1.82, 2.24) is 5.32 Å². The fraction of sp³-hybridized carbons (Fsp3) is 0.625. The molecule has 0 spiro atoms. The van der Waals surface area contributed by atoms with Gasteiger partial charge in [0, 0.05) is 17.5 Å². The van der Waals surface area contributed by atoms with Crippen molar-refractivity contribution in [2.24, 2.45) is 5.92 Å². The number of rotatable bonds is 4. The first-order chi connectivity index (χ1) is 9.19. The molecule has 2 aliphatic heterocycles. The monoisotopic (exact) mass is 263 g/mol. The summed E-state index contributed by atoms with van der Waals surface area (Å²) in [5, 5.41) is 3.47. The van der Waals surface area contributed by atoms with Crippen molar-refractivity contribution in [3.63, 3.8) is 0 Å². The molecule has 0 aliphatic carbocycles. The highest BCUT2D eigenvalue weighted by molar-refractivity contribution is 5.28. The molecule has 2 aliphatic rings. The Balaban J connectivity index is 1.90. The van der Waals surface area contributed by atoms with Gasteiger partial charge in [-0.3, -0.25) is 0 Å². The highest BCUT2D eigenvalue weighted by Gasteiger charge is 2.45. The van der Waals surface area contributed by atoms with Gasteiger partial charge in [-0.05, 0) is 38.8 Å². The van der Waals surface area contributed by atoms with E-state index in [0.29, 0.717) is 18.1 Å². The number of ether oxygens (including phenoxy) is 1. The number of hydrogen-bond acceptors (Lipinski definition) is 2. The van der Waals surface area contributed by atoms with E-state index in [4.69, 9.17) is 4.74 Å². The second-order valence-corrected chi connectivity index (χ2v) is 5.83. The standard InChI is InChI=1S/C16H22FNO/c1-3-18-16(12-8-10(2)4-6-14(12)17)13-9-11-5-7-15(13)19-11/h4,6,8,11,13,15-16,18H,3,5,7,9H2,1-2H3. The van der Waals surface area contributed by atoms with Crippen LogP contribution in [0.15, 0.2) is 18.2 Å². The Hall–Kier alpha value is -0.930. The van der Waals surface area contributed by atoms with Gasteiger partial charge in [0.1, 0.15) is 5.82 Å². The van der Waals surface area contributed by atoms with Crippen LogP contribution in [0.25, 0.3) is 0 Å². The summed E-state index contributed by atoms with van der Waals surface area (Å²) in [6, 6.07) is 5.48. The van der Waals surface area contributed by atoms with E-state index in [9.17, 15) is 4.39 Å². The van der Waals surface area contributed by atoms with Gasteiger partial charge in [-0.15, -0.1) is 0 Å². The van der Waals surface area contributed by atoms with Crippen molar-refractivity contribution in [2.75, 3.05) is 6.54 Å². The molecule has 2 fully saturated rings. The maximum Gasteiger partial charge on any atom is 0.128 e. The zero-order valence-corrected chi connectivity index (χ0v) is 11.7. The summed E-state index contributed by atoms with van der Waals surface area (Å²) in [5.74, 6) is 0.314. The minimum absolute atomic E-state index is 0.0835. The van der Waals surface area contributed by atoms with Crippen LogP contribution in [0.4, 0.5) is 4.39 Å². The number of benzene rings is 1. The zero-order valence-electron chi connectivity index (χ0n) is 11.7. The lowest BCUT2D eigenvalue weighted by Crippen LogP contribution is -2.34. The van der Waals surface area contributed by atoms with E-state index < -0.39 is 0 Å². The largest absolute Gasteiger partial charge is 0.375 e. The maximum absolute atomic E-state index is 14.2. The first-order valence-electron chi connectivity index (χ1n) is 7.34. The molecule has 0 aromatic heterocycles. The molecule has 3 rings (SSSR count). The van der Waals surface area contributed by atoms with Crippen molar-refractivity contribution >= 4 is 0 Å². The maximum atomic E-state index is 14.2. The molecule has 2 saturated heterocycles. The van der Waals surface area contributed by atoms with Crippen LogP contribution < -0.4 is 5.32 Å². The van der Waals surface area contributed by atoms with Crippen LogP contribution >= 0.6 is 0 Å². The molecule has 2 heterocycles. The first kappa shape index (κ1) is 13.1. The molecule has 0 amide bonds. The molecule has 4 atom stereocenters. The van der Waals surface area contributed by atoms with E-state index in [2.05, 4.69) is 12.2 Å². The minimum Gasteiger partial charge on any atom is -0.375 e. The van der Waals surface area contributed by atoms with Crippen LogP contribution in [-0.2, 0) is 4.74 Å². The predicted molar refractivity (Wildman–Crippen MR) is 73.6 cm³/mol. The van der Waals surface area contributed by atoms with Gasteiger partial charge in [0.25, 0.3) is 0 Å². The highest BCUT2D eigenvalue weighted by atomic mass is 19.1. The van der Waals surface area contributed by atoms with Crippen LogP contribution in [0.5, 0.6) is 0 Å². The normalized spacial score (nSPS) is 30.8. The second-order valence-electron chi connectivity index (χ2n) is 5.83. The van der Waals surface area contributed by atoms with E-state index in [1.807, 2.05) is 19.1 Å². The molecule has 104 valence electrons. The summed E-state index contributed by atoms with van der Waals surface area (Å²) in [4.78, 5) is 0. The van der Waals surface area contributed by atoms with Crippen molar-refractivity contribution in [3.8, 4) is 0 Å². The van der Waals surface area contributed by atoms with E-state index >= 15 is 0 Å². The Morgan fingerprint density at radius 2 is 2.26 bits per heavy atom. The Morgan fingerprint density at radius 1 is 1.42 bits per heavy atom. The summed E-state index contributed by atoms with van der Waals surface area (Å²) in [6.45, 7) is 4.95. The van der Waals surface area contributed by atoms with Crippen molar-refractivity contribution < 1.29 is 9.13 Å². The van der Waals surface area contributed by atoms with Crippen LogP contribution in [0, 0.1) is 18.7 Å². The fourth-order valence-electron chi connectivity index (χ4n) is 3.64. The third-order valence-electron chi connectivity index (χ3n) is 4.49. The lowest BCUT2D eigenvalue weighted by Gasteiger charge is -2.30. The van der Waals surface area contributed by atoms with Gasteiger partial charge in [-0.2, -0.15) is 0 Å². The van der Waals surface area contributed by atoms with E-state index in [-0.39, 0.29) is 11.9 Å². The molecular weight excluding hydrogens is 241 g/mol. The number of fused-ring (bicyclic) bond motifs is 2. The van der Waals surface area contributed by atoms with Gasteiger partial charge in [-0.1, -0.05) is 24.6 Å². The van der Waals surface area contributed by atoms with E-state index in [0.717, 1.165) is 30.5 Å². The highest BCUT2D eigenvalue weighted by Crippen LogP contribution is 2.45. The van der Waals surface area contributed by atoms with E-state index in [1.54, 1.807) is 6.07 Å². The van der Waals surface area contributed by atoms with Gasteiger partial charge in [0.2, 0.25) is 0 Å². The Morgan fingerprint density at radius 3 is 2.89 bits per heavy atom. The molecule has 3 heteroatoms. The molecular formula is C16H22FNO. The molecule has 0 radical (unpaired) electrons. The number of aryl methyl sites for hydroxylation is 1. The Bertz CT molecular complexity index is 462. The van der Waals surface area contributed by atoms with Gasteiger partial charge in [0.05, 0.1) is 12.2 Å². The Labute approximate surface area is 114 Å². The third kappa shape index (κ3) is 2.41. The average molecular weight is 263 g/mol. The summed E-state index contributed by atoms with van der Waals surface area (Å²) >= 11 is 0. The molecule has 2 nitrogen and oxygen atoms in total. The Kier molecular flexibility index (Phi) is 3.59. The number of nitrogens with one attached hydrogen (secondary N) is 1. The molecule has 1 aromatic rings. The topological polar surface area (TPSA) is 21.3 Å². The molecule has 0 saturated carbocycles.